The minimum atomic E-state index is -0.729. The van der Waals surface area contributed by atoms with E-state index in [4.69, 9.17) is 23.7 Å². The molecule has 0 radical (unpaired) electrons. The number of methoxy groups -OCH3 is 1. The zero-order chi connectivity index (χ0) is 14.2. The van der Waals surface area contributed by atoms with Crippen molar-refractivity contribution in [3.05, 3.63) is 36.1 Å². The molecule has 1 aromatic carbocycles. The molecule has 6 nitrogen and oxygen atoms in total. The number of hydrogen-bond donors (Lipinski definition) is 0. The van der Waals surface area contributed by atoms with E-state index in [1.807, 2.05) is 0 Å². The maximum absolute atomic E-state index is 11.3. The molecular weight excluding hydrogens is 264 g/mol. The molecule has 2 rings (SSSR count). The predicted octanol–water partition coefficient (Wildman–Crippen LogP) is 2.19. The van der Waals surface area contributed by atoms with E-state index in [1.54, 1.807) is 37.5 Å². The Labute approximate surface area is 116 Å². The number of rotatable bonds is 7. The highest BCUT2D eigenvalue weighted by Crippen LogP contribution is 2.15. The average molecular weight is 280 g/mol. The summed E-state index contributed by atoms with van der Waals surface area (Å²) in [4.78, 5) is 11.3. The molecule has 1 fully saturated rings. The smallest absolute Gasteiger partial charge is 0.475 e. The van der Waals surface area contributed by atoms with Crippen LogP contribution in [-0.2, 0) is 18.9 Å². The molecule has 0 bridgehead atoms. The van der Waals surface area contributed by atoms with Crippen LogP contribution in [0.5, 0.6) is 5.75 Å². The molecule has 0 amide bonds. The molecule has 0 spiro atoms. The van der Waals surface area contributed by atoms with Crippen LogP contribution in [0.3, 0.4) is 0 Å². The highest BCUT2D eigenvalue weighted by molar-refractivity contribution is 5.64. The van der Waals surface area contributed by atoms with Crippen molar-refractivity contribution < 1.29 is 28.5 Å². The van der Waals surface area contributed by atoms with Gasteiger partial charge in [-0.05, 0) is 23.8 Å². The fraction of sp³-hybridized carbons (Fsp3) is 0.357. The summed E-state index contributed by atoms with van der Waals surface area (Å²) >= 11 is 0. The standard InChI is InChI=1S/C14H16O6/c1-16-10-17-7-6-11-2-4-12(5-3-11)20-14(15)19-9-13-8-18-13/h2-7,13H,8-10H2,1H3. The summed E-state index contributed by atoms with van der Waals surface area (Å²) in [5.41, 5.74) is 0.910. The number of carbonyl (C=O) groups excluding carboxylic acids is 1. The van der Waals surface area contributed by atoms with Crippen molar-refractivity contribution in [1.29, 1.82) is 0 Å². The zero-order valence-corrected chi connectivity index (χ0v) is 11.1. The Bertz CT molecular complexity index is 449. The van der Waals surface area contributed by atoms with Crippen molar-refractivity contribution in [2.75, 3.05) is 27.1 Å². The molecule has 0 aliphatic carbocycles. The number of benzene rings is 1. The van der Waals surface area contributed by atoms with E-state index in [1.165, 1.54) is 6.26 Å². The highest BCUT2D eigenvalue weighted by atomic mass is 16.7. The van der Waals surface area contributed by atoms with Gasteiger partial charge in [0.05, 0.1) is 12.9 Å². The number of epoxide rings is 1. The number of carbonyl (C=O) groups is 1. The Morgan fingerprint density at radius 3 is 2.80 bits per heavy atom. The lowest BCUT2D eigenvalue weighted by atomic mass is 10.2. The fourth-order valence-corrected chi connectivity index (χ4v) is 1.33. The molecule has 1 saturated heterocycles. The van der Waals surface area contributed by atoms with Gasteiger partial charge in [0.25, 0.3) is 0 Å². The molecule has 1 aliphatic heterocycles. The SMILES string of the molecule is COCOC=Cc1ccc(OC(=O)OCC2CO2)cc1. The van der Waals surface area contributed by atoms with Crippen molar-refractivity contribution in [2.24, 2.45) is 0 Å². The Morgan fingerprint density at radius 1 is 1.40 bits per heavy atom. The Hall–Kier alpha value is -2.05. The first-order valence-electron chi connectivity index (χ1n) is 6.11. The van der Waals surface area contributed by atoms with Gasteiger partial charge in [-0.25, -0.2) is 4.79 Å². The lowest BCUT2D eigenvalue weighted by Gasteiger charge is -2.04. The third kappa shape index (κ3) is 5.29. The largest absolute Gasteiger partial charge is 0.513 e. The van der Waals surface area contributed by atoms with Gasteiger partial charge in [0, 0.05) is 7.11 Å². The first-order chi connectivity index (χ1) is 9.78. The van der Waals surface area contributed by atoms with Crippen molar-refractivity contribution in [3.63, 3.8) is 0 Å². The van der Waals surface area contributed by atoms with Crippen LogP contribution in [0.4, 0.5) is 4.79 Å². The molecule has 6 heteroatoms. The summed E-state index contributed by atoms with van der Waals surface area (Å²) in [6.45, 7) is 1.07. The zero-order valence-electron chi connectivity index (χ0n) is 11.1. The lowest BCUT2D eigenvalue weighted by Crippen LogP contribution is -2.14. The van der Waals surface area contributed by atoms with Crippen molar-refractivity contribution in [1.82, 2.24) is 0 Å². The van der Waals surface area contributed by atoms with Crippen molar-refractivity contribution >= 4 is 12.2 Å². The molecular formula is C14H16O6. The summed E-state index contributed by atoms with van der Waals surface area (Å²) in [7, 11) is 1.55. The van der Waals surface area contributed by atoms with E-state index in [2.05, 4.69) is 0 Å². The van der Waals surface area contributed by atoms with E-state index >= 15 is 0 Å². The Morgan fingerprint density at radius 2 is 2.15 bits per heavy atom. The highest BCUT2D eigenvalue weighted by Gasteiger charge is 2.24. The van der Waals surface area contributed by atoms with Gasteiger partial charge in [0.15, 0.2) is 6.79 Å². The van der Waals surface area contributed by atoms with Gasteiger partial charge in [-0.3, -0.25) is 0 Å². The van der Waals surface area contributed by atoms with Crippen LogP contribution in [0, 0.1) is 0 Å². The second-order valence-corrected chi connectivity index (χ2v) is 4.06. The van der Waals surface area contributed by atoms with Crippen LogP contribution < -0.4 is 4.74 Å². The maximum atomic E-state index is 11.3. The van der Waals surface area contributed by atoms with Crippen LogP contribution in [0.25, 0.3) is 6.08 Å². The summed E-state index contributed by atoms with van der Waals surface area (Å²) in [5, 5.41) is 0. The molecule has 20 heavy (non-hydrogen) atoms. The second-order valence-electron chi connectivity index (χ2n) is 4.06. The monoisotopic (exact) mass is 280 g/mol. The first kappa shape index (κ1) is 14.4. The van der Waals surface area contributed by atoms with Crippen molar-refractivity contribution in [3.8, 4) is 5.75 Å². The number of hydrogen-bond acceptors (Lipinski definition) is 6. The molecule has 1 aromatic rings. The molecule has 0 saturated carbocycles. The van der Waals surface area contributed by atoms with Crippen LogP contribution >= 0.6 is 0 Å². The molecule has 1 unspecified atom stereocenters. The van der Waals surface area contributed by atoms with Gasteiger partial charge in [0.2, 0.25) is 0 Å². The van der Waals surface area contributed by atoms with Crippen LogP contribution in [0.15, 0.2) is 30.5 Å². The van der Waals surface area contributed by atoms with Gasteiger partial charge in [-0.1, -0.05) is 12.1 Å². The molecule has 108 valence electrons. The minimum absolute atomic E-state index is 0.0298. The van der Waals surface area contributed by atoms with E-state index in [-0.39, 0.29) is 19.5 Å². The Kier molecular flexibility index (Phi) is 5.40. The summed E-state index contributed by atoms with van der Waals surface area (Å²) in [5.74, 6) is 0.418. The molecule has 1 atom stereocenters. The quantitative estimate of drug-likeness (QED) is 0.190. The first-order valence-corrected chi connectivity index (χ1v) is 6.11. The van der Waals surface area contributed by atoms with Gasteiger partial charge in [-0.2, -0.15) is 0 Å². The predicted molar refractivity (Wildman–Crippen MR) is 70.2 cm³/mol. The van der Waals surface area contributed by atoms with Crippen LogP contribution in [0.1, 0.15) is 5.56 Å². The third-order valence-electron chi connectivity index (χ3n) is 2.41. The third-order valence-corrected chi connectivity index (χ3v) is 2.41. The summed E-state index contributed by atoms with van der Waals surface area (Å²) in [6.07, 6.45) is 2.60. The summed E-state index contributed by atoms with van der Waals surface area (Å²) in [6, 6.07) is 6.92. The normalized spacial score (nSPS) is 16.9. The maximum Gasteiger partial charge on any atom is 0.513 e. The van der Waals surface area contributed by atoms with Gasteiger partial charge in [-0.15, -0.1) is 0 Å². The number of ether oxygens (including phenoxy) is 5. The summed E-state index contributed by atoms with van der Waals surface area (Å²) < 4.78 is 24.5. The minimum Gasteiger partial charge on any atom is -0.475 e. The average Bonchev–Trinajstić information content (AvgIpc) is 3.27. The molecule has 1 heterocycles. The van der Waals surface area contributed by atoms with Crippen LogP contribution in [0.2, 0.25) is 0 Å². The molecule has 0 aromatic heterocycles. The van der Waals surface area contributed by atoms with Gasteiger partial charge in [0.1, 0.15) is 18.5 Å². The van der Waals surface area contributed by atoms with E-state index < -0.39 is 6.16 Å². The van der Waals surface area contributed by atoms with Crippen molar-refractivity contribution in [2.45, 2.75) is 6.10 Å². The van der Waals surface area contributed by atoms with Crippen LogP contribution in [-0.4, -0.2) is 39.4 Å². The van der Waals surface area contributed by atoms with Gasteiger partial charge >= 0.3 is 6.16 Å². The van der Waals surface area contributed by atoms with Gasteiger partial charge < -0.3 is 23.7 Å². The van der Waals surface area contributed by atoms with E-state index in [0.717, 1.165) is 5.56 Å². The fourth-order valence-electron chi connectivity index (χ4n) is 1.33. The van der Waals surface area contributed by atoms with E-state index in [0.29, 0.717) is 12.4 Å². The molecule has 0 N–H and O–H groups in total. The second kappa shape index (κ2) is 7.52. The molecule has 1 aliphatic rings. The topological polar surface area (TPSA) is 66.5 Å². The Balaban J connectivity index is 1.75. The lowest BCUT2D eigenvalue weighted by molar-refractivity contribution is 0.0208. The van der Waals surface area contributed by atoms with E-state index in [9.17, 15) is 4.79 Å².